The summed E-state index contributed by atoms with van der Waals surface area (Å²) < 4.78 is 12.3. The second-order valence-corrected chi connectivity index (χ2v) is 17.9. The van der Waals surface area contributed by atoms with Crippen molar-refractivity contribution in [2.24, 2.45) is 0 Å². The van der Waals surface area contributed by atoms with Gasteiger partial charge in [-0.2, -0.15) is 0 Å². The van der Waals surface area contributed by atoms with Gasteiger partial charge in [-0.05, 0) is 25.4 Å². The molecule has 0 bridgehead atoms. The molecule has 0 aliphatic rings. The molecule has 0 aromatic heterocycles. The highest BCUT2D eigenvalue weighted by Gasteiger charge is 2.23. The average Bonchev–Trinajstić information content (AvgIpc) is 3.09. The zero-order chi connectivity index (χ0) is 35.2. The molecule has 0 spiro atoms. The van der Waals surface area contributed by atoms with Crippen molar-refractivity contribution in [3.63, 3.8) is 0 Å². The topological polar surface area (TPSA) is 35.5 Å². The van der Waals surface area contributed by atoms with Crippen molar-refractivity contribution in [2.45, 2.75) is 264 Å². The number of rotatable bonds is 40. The Morgan fingerprint density at radius 1 is 0.500 bits per heavy atom. The number of carbonyl (C=O) groups is 1. The summed E-state index contributed by atoms with van der Waals surface area (Å²) in [5, 5.41) is 0. The van der Waals surface area contributed by atoms with Crippen LogP contribution < -0.4 is 0 Å². The quantitative estimate of drug-likeness (QED) is 0.0277. The lowest BCUT2D eigenvalue weighted by Gasteiger charge is -2.27. The molecule has 0 aromatic rings. The van der Waals surface area contributed by atoms with Crippen molar-refractivity contribution in [3.05, 3.63) is 12.7 Å². The predicted octanol–water partition coefficient (Wildman–Crippen LogP) is 15.1. The van der Waals surface area contributed by atoms with Crippen LogP contribution in [0, 0.1) is 0 Å². The SMILES string of the molecule is C=CC(=O)OC(CC)C(C)O[SiH](CCCCCCCCCCCCCCCCCC)CCCCCCCCCCCCCCCCCC. The highest BCUT2D eigenvalue weighted by atomic mass is 28.3. The van der Waals surface area contributed by atoms with Gasteiger partial charge in [0.15, 0.2) is 9.04 Å². The van der Waals surface area contributed by atoms with Gasteiger partial charge in [-0.1, -0.05) is 233 Å². The van der Waals surface area contributed by atoms with E-state index in [2.05, 4.69) is 34.3 Å². The van der Waals surface area contributed by atoms with Crippen LogP contribution in [0.3, 0.4) is 0 Å². The lowest BCUT2D eigenvalue weighted by Crippen LogP contribution is -2.35. The molecule has 2 atom stereocenters. The van der Waals surface area contributed by atoms with Gasteiger partial charge in [0.05, 0.1) is 6.10 Å². The lowest BCUT2D eigenvalue weighted by atomic mass is 10.0. The van der Waals surface area contributed by atoms with Crippen LogP contribution in [0.25, 0.3) is 0 Å². The molecule has 0 N–H and O–H groups in total. The van der Waals surface area contributed by atoms with Crippen molar-refractivity contribution in [1.82, 2.24) is 0 Å². The minimum atomic E-state index is -1.32. The maximum Gasteiger partial charge on any atom is 0.330 e. The van der Waals surface area contributed by atoms with Gasteiger partial charge in [0.25, 0.3) is 0 Å². The van der Waals surface area contributed by atoms with Crippen molar-refractivity contribution < 1.29 is 14.0 Å². The van der Waals surface area contributed by atoms with Gasteiger partial charge in [0.2, 0.25) is 0 Å². The Hall–Kier alpha value is -0.613. The van der Waals surface area contributed by atoms with Crippen LogP contribution in [-0.4, -0.2) is 27.2 Å². The zero-order valence-corrected chi connectivity index (χ0v) is 34.6. The Bertz CT molecular complexity index is 617. The fraction of sp³-hybridized carbons (Fsp3) is 0.932. The molecule has 2 unspecified atom stereocenters. The number of esters is 1. The molecule has 0 rings (SSSR count). The summed E-state index contributed by atoms with van der Waals surface area (Å²) >= 11 is 0. The molecule has 0 aliphatic carbocycles. The number of hydrogen-bond donors (Lipinski definition) is 0. The van der Waals surface area contributed by atoms with Gasteiger partial charge in [-0.15, -0.1) is 0 Å². The lowest BCUT2D eigenvalue weighted by molar-refractivity contribution is -0.147. The first-order chi connectivity index (χ1) is 23.6. The molecule has 48 heavy (non-hydrogen) atoms. The minimum absolute atomic E-state index is 0.0160. The van der Waals surface area contributed by atoms with Crippen LogP contribution in [0.1, 0.15) is 240 Å². The van der Waals surface area contributed by atoms with Crippen LogP contribution >= 0.6 is 0 Å². The van der Waals surface area contributed by atoms with Crippen molar-refractivity contribution in [1.29, 1.82) is 0 Å². The Labute approximate surface area is 304 Å². The van der Waals surface area contributed by atoms with E-state index in [1.54, 1.807) is 0 Å². The second kappa shape index (κ2) is 39.2. The van der Waals surface area contributed by atoms with Crippen molar-refractivity contribution in [3.8, 4) is 0 Å². The van der Waals surface area contributed by atoms with Crippen LogP contribution in [0.4, 0.5) is 0 Å². The maximum atomic E-state index is 11.9. The summed E-state index contributed by atoms with van der Waals surface area (Å²) in [6.45, 7) is 12.4. The molecule has 0 aliphatic heterocycles. The number of carbonyl (C=O) groups excluding carboxylic acids is 1. The summed E-state index contributed by atoms with van der Waals surface area (Å²) in [5.74, 6) is -0.328. The van der Waals surface area contributed by atoms with Crippen LogP contribution in [0.5, 0.6) is 0 Å². The summed E-state index contributed by atoms with van der Waals surface area (Å²) in [4.78, 5) is 11.9. The van der Waals surface area contributed by atoms with Gasteiger partial charge in [-0.3, -0.25) is 0 Å². The van der Waals surface area contributed by atoms with E-state index in [-0.39, 0.29) is 18.2 Å². The molecule has 286 valence electrons. The van der Waals surface area contributed by atoms with Crippen LogP contribution in [-0.2, 0) is 14.0 Å². The zero-order valence-electron chi connectivity index (χ0n) is 33.5. The molecule has 0 saturated carbocycles. The van der Waals surface area contributed by atoms with E-state index in [1.807, 2.05) is 0 Å². The average molecular weight is 693 g/mol. The van der Waals surface area contributed by atoms with Gasteiger partial charge in [-0.25, -0.2) is 4.79 Å². The van der Waals surface area contributed by atoms with E-state index >= 15 is 0 Å². The first-order valence-electron chi connectivity index (χ1n) is 22.1. The third kappa shape index (κ3) is 33.9. The smallest absolute Gasteiger partial charge is 0.330 e. The molecule has 0 saturated heterocycles. The number of ether oxygens (including phenoxy) is 1. The highest BCUT2D eigenvalue weighted by Crippen LogP contribution is 2.21. The summed E-state index contributed by atoms with van der Waals surface area (Å²) in [6.07, 6.45) is 47.1. The molecule has 4 heteroatoms. The first kappa shape index (κ1) is 47.4. The van der Waals surface area contributed by atoms with Crippen molar-refractivity contribution >= 4 is 15.0 Å². The van der Waals surface area contributed by atoms with E-state index in [0.717, 1.165) is 6.42 Å². The number of hydrogen-bond acceptors (Lipinski definition) is 3. The van der Waals surface area contributed by atoms with Crippen molar-refractivity contribution in [2.75, 3.05) is 0 Å². The first-order valence-corrected chi connectivity index (χ1v) is 24.2. The van der Waals surface area contributed by atoms with E-state index in [9.17, 15) is 4.79 Å². The summed E-state index contributed by atoms with van der Waals surface area (Å²) in [7, 11) is -1.32. The second-order valence-electron chi connectivity index (χ2n) is 15.2. The third-order valence-corrected chi connectivity index (χ3v) is 13.4. The van der Waals surface area contributed by atoms with Gasteiger partial charge in [0, 0.05) is 6.08 Å². The fourth-order valence-electron chi connectivity index (χ4n) is 7.22. The summed E-state index contributed by atoms with van der Waals surface area (Å²) in [5.41, 5.74) is 0. The van der Waals surface area contributed by atoms with Gasteiger partial charge >= 0.3 is 5.97 Å². The maximum absolute atomic E-state index is 11.9. The monoisotopic (exact) mass is 693 g/mol. The molecule has 3 nitrogen and oxygen atoms in total. The van der Waals surface area contributed by atoms with E-state index in [0.29, 0.717) is 0 Å². The largest absolute Gasteiger partial charge is 0.457 e. The molecule has 0 amide bonds. The van der Waals surface area contributed by atoms with Gasteiger partial charge < -0.3 is 9.16 Å². The summed E-state index contributed by atoms with van der Waals surface area (Å²) in [6, 6.07) is 2.54. The Balaban J connectivity index is 4.08. The molecule has 0 aromatic carbocycles. The highest BCUT2D eigenvalue weighted by molar-refractivity contribution is 6.51. The molecule has 0 fully saturated rings. The Morgan fingerprint density at radius 2 is 0.771 bits per heavy atom. The molecular formula is C44H88O3Si. The Kier molecular flexibility index (Phi) is 38.7. The number of unbranched alkanes of at least 4 members (excludes halogenated alkanes) is 30. The molecule has 0 heterocycles. The fourth-order valence-corrected chi connectivity index (χ4v) is 10.1. The standard InChI is InChI=1S/C44H88O3Si/c1-6-10-12-14-16-18-20-22-24-26-28-30-32-34-36-38-40-48(47-42(5)43(8-3)46-44(45)9-4)41-39-37-35-33-31-29-27-25-23-21-19-17-15-13-11-7-2/h9,42-43,48H,4,6-8,10-41H2,1-3,5H3. The van der Waals surface area contributed by atoms with E-state index in [1.165, 1.54) is 224 Å². The predicted molar refractivity (Wildman–Crippen MR) is 217 cm³/mol. The van der Waals surface area contributed by atoms with E-state index in [4.69, 9.17) is 9.16 Å². The molecule has 0 radical (unpaired) electrons. The normalized spacial score (nSPS) is 12.9. The van der Waals surface area contributed by atoms with E-state index < -0.39 is 9.04 Å². The molecular weight excluding hydrogens is 605 g/mol. The van der Waals surface area contributed by atoms with Gasteiger partial charge in [0.1, 0.15) is 6.10 Å². The Morgan fingerprint density at radius 3 is 1.02 bits per heavy atom. The third-order valence-electron chi connectivity index (χ3n) is 10.5. The minimum Gasteiger partial charge on any atom is -0.457 e. The van der Waals surface area contributed by atoms with Crippen LogP contribution in [0.2, 0.25) is 12.1 Å². The van der Waals surface area contributed by atoms with Crippen LogP contribution in [0.15, 0.2) is 12.7 Å².